The van der Waals surface area contributed by atoms with Crippen molar-refractivity contribution in [3.63, 3.8) is 0 Å². The maximum atomic E-state index is 9.90. The van der Waals surface area contributed by atoms with Gasteiger partial charge in [0.05, 0.1) is 0 Å². The van der Waals surface area contributed by atoms with Crippen molar-refractivity contribution < 1.29 is 10.2 Å². The Hall–Kier alpha value is -1.21. The Labute approximate surface area is 103 Å². The van der Waals surface area contributed by atoms with Crippen LogP contribution in [-0.2, 0) is 0 Å². The van der Waals surface area contributed by atoms with Gasteiger partial charge in [0.15, 0.2) is 0 Å². The third-order valence-corrected chi connectivity index (χ3v) is 5.68. The van der Waals surface area contributed by atoms with Gasteiger partial charge in [0.2, 0.25) is 0 Å². The van der Waals surface area contributed by atoms with E-state index < -0.39 is 12.2 Å². The predicted molar refractivity (Wildman–Crippen MR) is 61.3 cm³/mol. The van der Waals surface area contributed by atoms with Crippen molar-refractivity contribution in [2.24, 2.45) is 0 Å². The van der Waals surface area contributed by atoms with E-state index in [4.69, 9.17) is 5.73 Å². The average Bonchev–Trinajstić information content (AvgIpc) is 2.86. The summed E-state index contributed by atoms with van der Waals surface area (Å²) < 4.78 is 1.79. The molecule has 2 aromatic heterocycles. The van der Waals surface area contributed by atoms with Crippen LogP contribution in [0.25, 0.3) is 11.2 Å². The van der Waals surface area contributed by atoms with E-state index in [1.165, 1.54) is 6.33 Å². The van der Waals surface area contributed by atoms with Gasteiger partial charge in [-0.25, -0.2) is 0 Å². The zero-order valence-corrected chi connectivity index (χ0v) is 10.5. The van der Waals surface area contributed by atoms with E-state index in [-0.39, 0.29) is 19.9 Å². The second kappa shape index (κ2) is 3.92. The molecular formula is C9H11N5O2Se. The SMILES string of the molecule is Nc1ncnc2c1ncn2[C@@H]1[Se]C[C@@H](O)[C@H]1O. The minimum absolute atomic E-state index is 0.117. The van der Waals surface area contributed by atoms with Crippen molar-refractivity contribution in [3.8, 4) is 0 Å². The number of nitrogen functional groups attached to an aromatic ring is 1. The summed E-state index contributed by atoms with van der Waals surface area (Å²) in [4.78, 5) is 12.0. The van der Waals surface area contributed by atoms with Gasteiger partial charge in [-0.3, -0.25) is 0 Å². The number of hydrogen-bond donors (Lipinski definition) is 3. The Morgan fingerprint density at radius 1 is 1.35 bits per heavy atom. The van der Waals surface area contributed by atoms with Crippen LogP contribution >= 0.6 is 0 Å². The van der Waals surface area contributed by atoms with Crippen LogP contribution in [0.5, 0.6) is 0 Å². The number of nitrogens with two attached hydrogens (primary N) is 1. The van der Waals surface area contributed by atoms with E-state index in [9.17, 15) is 10.2 Å². The zero-order valence-electron chi connectivity index (χ0n) is 8.76. The van der Waals surface area contributed by atoms with Gasteiger partial charge in [-0.15, -0.1) is 0 Å². The molecule has 17 heavy (non-hydrogen) atoms. The first-order chi connectivity index (χ1) is 8.18. The third-order valence-electron chi connectivity index (χ3n) is 2.79. The number of imidazole rings is 1. The molecule has 7 nitrogen and oxygen atoms in total. The molecule has 0 saturated carbocycles. The fourth-order valence-electron chi connectivity index (χ4n) is 1.89. The van der Waals surface area contributed by atoms with E-state index >= 15 is 0 Å². The Kier molecular flexibility index (Phi) is 2.52. The number of aliphatic hydroxyl groups excluding tert-OH is 2. The number of hydrogen-bond acceptors (Lipinski definition) is 6. The van der Waals surface area contributed by atoms with Gasteiger partial charge >= 0.3 is 103 Å². The van der Waals surface area contributed by atoms with Gasteiger partial charge in [0.25, 0.3) is 0 Å². The van der Waals surface area contributed by atoms with Crippen LogP contribution in [0, 0.1) is 0 Å². The van der Waals surface area contributed by atoms with Crippen molar-refractivity contribution in [2.45, 2.75) is 22.5 Å². The van der Waals surface area contributed by atoms with Gasteiger partial charge in [-0.2, -0.15) is 0 Å². The molecule has 0 spiro atoms. The van der Waals surface area contributed by atoms with Crippen LogP contribution in [-0.4, -0.2) is 56.9 Å². The first kappa shape index (κ1) is 10.9. The molecule has 1 saturated heterocycles. The average molecular weight is 300 g/mol. The van der Waals surface area contributed by atoms with Crippen LogP contribution < -0.4 is 5.73 Å². The molecule has 3 atom stereocenters. The number of aliphatic hydroxyl groups is 2. The molecule has 1 aliphatic heterocycles. The van der Waals surface area contributed by atoms with Gasteiger partial charge in [-0.1, -0.05) is 0 Å². The van der Waals surface area contributed by atoms with Crippen molar-refractivity contribution >= 4 is 31.9 Å². The fraction of sp³-hybridized carbons (Fsp3) is 0.444. The molecule has 90 valence electrons. The number of aromatic nitrogens is 4. The molecule has 8 heteroatoms. The maximum absolute atomic E-state index is 9.90. The number of anilines is 1. The number of fused-ring (bicyclic) bond motifs is 1. The number of rotatable bonds is 1. The van der Waals surface area contributed by atoms with E-state index in [2.05, 4.69) is 15.0 Å². The normalized spacial score (nSPS) is 28.9. The molecule has 2 aromatic rings. The first-order valence-electron chi connectivity index (χ1n) is 5.09. The summed E-state index contributed by atoms with van der Waals surface area (Å²) >= 11 is 0.117. The number of nitrogens with zero attached hydrogens (tertiary/aromatic N) is 4. The zero-order chi connectivity index (χ0) is 12.0. The van der Waals surface area contributed by atoms with Gasteiger partial charge in [-0.05, 0) is 0 Å². The molecule has 4 N–H and O–H groups in total. The first-order valence-corrected chi connectivity index (χ1v) is 7.29. The van der Waals surface area contributed by atoms with Crippen LogP contribution in [0.15, 0.2) is 12.7 Å². The fourth-order valence-corrected chi connectivity index (χ4v) is 4.58. The van der Waals surface area contributed by atoms with E-state index in [1.807, 2.05) is 0 Å². The molecule has 1 fully saturated rings. The Balaban J connectivity index is 2.10. The Bertz CT molecular complexity index is 559. The molecule has 0 unspecified atom stereocenters. The van der Waals surface area contributed by atoms with Crippen LogP contribution in [0.3, 0.4) is 0 Å². The summed E-state index contributed by atoms with van der Waals surface area (Å²) in [6.07, 6.45) is 1.56. The summed E-state index contributed by atoms with van der Waals surface area (Å²) in [5.41, 5.74) is 6.84. The molecule has 1 aliphatic rings. The monoisotopic (exact) mass is 301 g/mol. The van der Waals surface area contributed by atoms with Crippen molar-refractivity contribution in [3.05, 3.63) is 12.7 Å². The molecule has 0 aromatic carbocycles. The van der Waals surface area contributed by atoms with Crippen molar-refractivity contribution in [1.29, 1.82) is 0 Å². The Morgan fingerprint density at radius 3 is 2.88 bits per heavy atom. The van der Waals surface area contributed by atoms with Gasteiger partial charge < -0.3 is 0 Å². The molecule has 0 radical (unpaired) electrons. The summed E-state index contributed by atoms with van der Waals surface area (Å²) in [6.45, 7) is 0. The van der Waals surface area contributed by atoms with Crippen LogP contribution in [0.1, 0.15) is 4.94 Å². The van der Waals surface area contributed by atoms with E-state index in [0.717, 1.165) is 0 Å². The van der Waals surface area contributed by atoms with Gasteiger partial charge in [0, 0.05) is 0 Å². The predicted octanol–water partition coefficient (Wildman–Crippen LogP) is -1.24. The second-order valence-electron chi connectivity index (χ2n) is 3.86. The molecule has 3 rings (SSSR count). The van der Waals surface area contributed by atoms with Crippen molar-refractivity contribution in [1.82, 2.24) is 19.5 Å². The second-order valence-corrected chi connectivity index (χ2v) is 6.28. The topological polar surface area (TPSA) is 110 Å². The Morgan fingerprint density at radius 2 is 2.18 bits per heavy atom. The van der Waals surface area contributed by atoms with E-state index in [0.29, 0.717) is 22.3 Å². The molecule has 3 heterocycles. The quantitative estimate of drug-likeness (QED) is 0.569. The molecule has 0 amide bonds. The molecule has 0 bridgehead atoms. The molecule has 0 aliphatic carbocycles. The molecular weight excluding hydrogens is 289 g/mol. The third kappa shape index (κ3) is 1.61. The minimum atomic E-state index is -0.761. The van der Waals surface area contributed by atoms with Crippen molar-refractivity contribution in [2.75, 3.05) is 5.73 Å². The van der Waals surface area contributed by atoms with Crippen LogP contribution in [0.2, 0.25) is 5.32 Å². The summed E-state index contributed by atoms with van der Waals surface area (Å²) in [5, 5.41) is 20.1. The van der Waals surface area contributed by atoms with Crippen LogP contribution in [0.4, 0.5) is 5.82 Å². The van der Waals surface area contributed by atoms with Gasteiger partial charge in [0.1, 0.15) is 0 Å². The summed E-state index contributed by atoms with van der Waals surface area (Å²) in [6, 6.07) is 0. The summed E-state index contributed by atoms with van der Waals surface area (Å²) in [5.74, 6) is 0.328. The van der Waals surface area contributed by atoms with E-state index in [1.54, 1.807) is 10.9 Å². The summed E-state index contributed by atoms with van der Waals surface area (Å²) in [7, 11) is 0. The standard InChI is InChI=1S/C9H11N5O2Se/c10-7-5-8(12-2-11-7)14(3-13-5)9-6(16)4(15)1-17-9/h2-4,6,9,15-16H,1H2,(H2,10,11,12)/t4-,6-,9-/m1/s1.